The summed E-state index contributed by atoms with van der Waals surface area (Å²) in [6.45, 7) is 1.89. The molecule has 1 aromatic heterocycles. The van der Waals surface area contributed by atoms with E-state index in [2.05, 4.69) is 26.2 Å². The molecule has 2 rings (SSSR count). The number of hydrogen-bond donors (Lipinski definition) is 2. The van der Waals surface area contributed by atoms with Crippen LogP contribution in [0.4, 0.5) is 0 Å². The number of nitrogens with one attached hydrogen (secondary N) is 2. The molecule has 0 saturated carbocycles. The van der Waals surface area contributed by atoms with E-state index in [-0.39, 0.29) is 17.5 Å². The quantitative estimate of drug-likeness (QED) is 0.890. The number of rotatable bonds is 4. The Morgan fingerprint density at radius 3 is 2.67 bits per heavy atom. The van der Waals surface area contributed by atoms with Gasteiger partial charge in [-0.3, -0.25) is 9.59 Å². The molecule has 0 unspecified atom stereocenters. The number of carbonyl (C=O) groups excluding carboxylic acids is 1. The lowest BCUT2D eigenvalue weighted by atomic mass is 10.1. The number of carbonyl (C=O) groups is 1. The first-order valence-electron chi connectivity index (χ1n) is 6.34. The van der Waals surface area contributed by atoms with E-state index < -0.39 is 0 Å². The summed E-state index contributed by atoms with van der Waals surface area (Å²) in [4.78, 5) is 25.5. The number of aromatic nitrogens is 1. The summed E-state index contributed by atoms with van der Waals surface area (Å²) in [5.41, 5.74) is 1.12. The van der Waals surface area contributed by atoms with Crippen molar-refractivity contribution in [2.24, 2.45) is 0 Å². The average Bonchev–Trinajstić information content (AvgIpc) is 2.47. The van der Waals surface area contributed by atoms with Crippen LogP contribution < -0.4 is 15.6 Å². The fourth-order valence-electron chi connectivity index (χ4n) is 1.87. The number of hydrogen-bond acceptors (Lipinski definition) is 3. The van der Waals surface area contributed by atoms with Gasteiger partial charge in [0, 0.05) is 12.3 Å². The highest BCUT2D eigenvalue weighted by molar-refractivity contribution is 9.10. The Bertz CT molecular complexity index is 692. The minimum absolute atomic E-state index is 0.174. The molecular formula is C15H15BrN2O3. The van der Waals surface area contributed by atoms with Crippen LogP contribution >= 0.6 is 15.9 Å². The van der Waals surface area contributed by atoms with E-state index in [4.69, 9.17) is 4.74 Å². The molecule has 6 heteroatoms. The van der Waals surface area contributed by atoms with Crippen LogP contribution in [-0.2, 0) is 0 Å². The van der Waals surface area contributed by atoms with Crippen LogP contribution in [0.15, 0.2) is 45.8 Å². The van der Waals surface area contributed by atoms with Crippen LogP contribution in [-0.4, -0.2) is 18.0 Å². The lowest BCUT2D eigenvalue weighted by molar-refractivity contribution is 0.0939. The standard InChI is InChI=1S/C15H15BrN2O3/c1-9(10-3-5-13(21-2)12(16)7-10)18-15(20)11-4-6-14(19)17-8-11/h3-9H,1-2H3,(H,17,19)(H,18,20)/t9-/m0/s1. The van der Waals surface area contributed by atoms with Gasteiger partial charge < -0.3 is 15.0 Å². The highest BCUT2D eigenvalue weighted by atomic mass is 79.9. The summed E-state index contributed by atoms with van der Waals surface area (Å²) in [6.07, 6.45) is 1.40. The number of halogens is 1. The van der Waals surface area contributed by atoms with Crippen molar-refractivity contribution in [3.05, 3.63) is 62.5 Å². The number of benzene rings is 1. The number of H-pyrrole nitrogens is 1. The van der Waals surface area contributed by atoms with Crippen molar-refractivity contribution in [2.45, 2.75) is 13.0 Å². The van der Waals surface area contributed by atoms with Gasteiger partial charge in [0.2, 0.25) is 5.56 Å². The van der Waals surface area contributed by atoms with E-state index in [0.717, 1.165) is 15.8 Å². The third kappa shape index (κ3) is 3.72. The van der Waals surface area contributed by atoms with Crippen molar-refractivity contribution >= 4 is 21.8 Å². The number of pyridine rings is 1. The molecule has 1 aromatic carbocycles. The van der Waals surface area contributed by atoms with Gasteiger partial charge in [0.25, 0.3) is 5.91 Å². The van der Waals surface area contributed by atoms with Gasteiger partial charge in [0.15, 0.2) is 0 Å². The van der Waals surface area contributed by atoms with Crippen LogP contribution in [0.3, 0.4) is 0 Å². The summed E-state index contributed by atoms with van der Waals surface area (Å²) in [6, 6.07) is 8.26. The lowest BCUT2D eigenvalue weighted by Gasteiger charge is -2.15. The van der Waals surface area contributed by atoms with Crippen molar-refractivity contribution in [1.82, 2.24) is 10.3 Å². The summed E-state index contributed by atoms with van der Waals surface area (Å²) >= 11 is 3.42. The molecule has 0 radical (unpaired) electrons. The first-order valence-corrected chi connectivity index (χ1v) is 7.13. The third-order valence-corrected chi connectivity index (χ3v) is 3.69. The highest BCUT2D eigenvalue weighted by Gasteiger charge is 2.13. The predicted octanol–water partition coefficient (Wildman–Crippen LogP) is 2.64. The SMILES string of the molecule is COc1ccc([C@H](C)NC(=O)c2ccc(=O)[nH]c2)cc1Br. The van der Waals surface area contributed by atoms with Crippen LogP contribution in [0.25, 0.3) is 0 Å². The minimum Gasteiger partial charge on any atom is -0.496 e. The number of amides is 1. The Hall–Kier alpha value is -2.08. The van der Waals surface area contributed by atoms with E-state index in [1.807, 2.05) is 25.1 Å². The van der Waals surface area contributed by atoms with Gasteiger partial charge in [-0.2, -0.15) is 0 Å². The largest absolute Gasteiger partial charge is 0.496 e. The Morgan fingerprint density at radius 2 is 2.10 bits per heavy atom. The second kappa shape index (κ2) is 6.58. The first kappa shape index (κ1) is 15.3. The molecule has 5 nitrogen and oxygen atoms in total. The molecule has 0 aliphatic carbocycles. The molecule has 0 spiro atoms. The first-order chi connectivity index (χ1) is 10.0. The van der Waals surface area contributed by atoms with Gasteiger partial charge in [-0.15, -0.1) is 0 Å². The third-order valence-electron chi connectivity index (χ3n) is 3.07. The van der Waals surface area contributed by atoms with Crippen molar-refractivity contribution in [1.29, 1.82) is 0 Å². The van der Waals surface area contributed by atoms with Gasteiger partial charge in [0.1, 0.15) is 5.75 Å². The summed E-state index contributed by atoms with van der Waals surface area (Å²) < 4.78 is 6.00. The van der Waals surface area contributed by atoms with Crippen LogP contribution in [0.5, 0.6) is 5.75 Å². The highest BCUT2D eigenvalue weighted by Crippen LogP contribution is 2.28. The molecule has 0 aliphatic rings. The van der Waals surface area contributed by atoms with Gasteiger partial charge in [-0.25, -0.2) is 0 Å². The van der Waals surface area contributed by atoms with Gasteiger partial charge in [-0.05, 0) is 46.6 Å². The molecule has 110 valence electrons. The number of ether oxygens (including phenoxy) is 1. The summed E-state index contributed by atoms with van der Waals surface area (Å²) in [5.74, 6) is 0.489. The molecular weight excluding hydrogens is 336 g/mol. The van der Waals surface area contributed by atoms with Crippen molar-refractivity contribution < 1.29 is 9.53 Å². The Labute approximate surface area is 130 Å². The van der Waals surface area contributed by atoms with Gasteiger partial charge in [0.05, 0.1) is 23.2 Å². The van der Waals surface area contributed by atoms with Crippen molar-refractivity contribution in [3.63, 3.8) is 0 Å². The second-order valence-corrected chi connectivity index (χ2v) is 5.39. The summed E-state index contributed by atoms with van der Waals surface area (Å²) in [5, 5.41) is 2.87. The number of aromatic amines is 1. The molecule has 2 N–H and O–H groups in total. The fraction of sp³-hybridized carbons (Fsp3) is 0.200. The molecule has 0 saturated heterocycles. The minimum atomic E-state index is -0.245. The molecule has 1 atom stereocenters. The maximum Gasteiger partial charge on any atom is 0.253 e. The smallest absolute Gasteiger partial charge is 0.253 e. The van der Waals surface area contributed by atoms with E-state index >= 15 is 0 Å². The maximum absolute atomic E-state index is 12.1. The lowest BCUT2D eigenvalue weighted by Crippen LogP contribution is -2.27. The average molecular weight is 351 g/mol. The zero-order chi connectivity index (χ0) is 15.4. The normalized spacial score (nSPS) is 11.8. The number of methoxy groups -OCH3 is 1. The maximum atomic E-state index is 12.1. The molecule has 2 aromatic rings. The van der Waals surface area contributed by atoms with Crippen molar-refractivity contribution in [3.8, 4) is 5.75 Å². The topological polar surface area (TPSA) is 71.2 Å². The Balaban J connectivity index is 2.12. The molecule has 0 bridgehead atoms. The van der Waals surface area contributed by atoms with Crippen LogP contribution in [0.2, 0.25) is 0 Å². The molecule has 0 aliphatic heterocycles. The predicted molar refractivity (Wildman–Crippen MR) is 83.6 cm³/mol. The van der Waals surface area contributed by atoms with E-state index in [9.17, 15) is 9.59 Å². The second-order valence-electron chi connectivity index (χ2n) is 4.53. The van der Waals surface area contributed by atoms with Crippen LogP contribution in [0, 0.1) is 0 Å². The van der Waals surface area contributed by atoms with Gasteiger partial charge in [-0.1, -0.05) is 6.07 Å². The van der Waals surface area contributed by atoms with E-state index in [1.165, 1.54) is 18.3 Å². The molecule has 1 amide bonds. The van der Waals surface area contributed by atoms with Gasteiger partial charge >= 0.3 is 0 Å². The van der Waals surface area contributed by atoms with E-state index in [1.54, 1.807) is 7.11 Å². The zero-order valence-electron chi connectivity index (χ0n) is 11.6. The Morgan fingerprint density at radius 1 is 1.33 bits per heavy atom. The molecule has 21 heavy (non-hydrogen) atoms. The summed E-state index contributed by atoms with van der Waals surface area (Å²) in [7, 11) is 1.60. The van der Waals surface area contributed by atoms with Crippen molar-refractivity contribution in [2.75, 3.05) is 7.11 Å². The molecule has 1 heterocycles. The zero-order valence-corrected chi connectivity index (χ0v) is 13.2. The molecule has 0 fully saturated rings. The fourth-order valence-corrected chi connectivity index (χ4v) is 2.43. The van der Waals surface area contributed by atoms with Crippen LogP contribution in [0.1, 0.15) is 28.9 Å². The van der Waals surface area contributed by atoms with E-state index in [0.29, 0.717) is 5.56 Å². The Kier molecular flexibility index (Phi) is 4.80. The monoisotopic (exact) mass is 350 g/mol.